The highest BCUT2D eigenvalue weighted by Crippen LogP contribution is 2.05. The number of hydrogen-bond acceptors (Lipinski definition) is 2. The van der Waals surface area contributed by atoms with E-state index in [4.69, 9.17) is 5.73 Å². The van der Waals surface area contributed by atoms with Gasteiger partial charge in [-0.1, -0.05) is 5.92 Å². The lowest BCUT2D eigenvalue weighted by molar-refractivity contribution is -0.112. The van der Waals surface area contributed by atoms with Crippen molar-refractivity contribution in [3.8, 4) is 11.8 Å². The van der Waals surface area contributed by atoms with E-state index in [1.165, 1.54) is 0 Å². The molecule has 0 heterocycles. The number of benzene rings is 1. The molecule has 0 spiro atoms. The van der Waals surface area contributed by atoms with E-state index in [1.807, 2.05) is 0 Å². The van der Waals surface area contributed by atoms with Gasteiger partial charge in [0.1, 0.15) is 0 Å². The lowest BCUT2D eigenvalue weighted by atomic mass is 10.2. The molecule has 0 saturated carbocycles. The molecule has 0 aliphatic carbocycles. The summed E-state index contributed by atoms with van der Waals surface area (Å²) in [5, 5.41) is 0. The van der Waals surface area contributed by atoms with Gasteiger partial charge >= 0.3 is 0 Å². The number of hydrogen-bond donors (Lipinski definition) is 2. The van der Waals surface area contributed by atoms with Crippen LogP contribution in [0, 0.1) is 11.8 Å². The summed E-state index contributed by atoms with van der Waals surface area (Å²) in [6.45, 7) is 0. The first-order chi connectivity index (χ1) is 5.68. The number of thiol groups is 1. The molecule has 1 aromatic carbocycles. The second-order valence-electron chi connectivity index (χ2n) is 2.16. The third kappa shape index (κ3) is 2.69. The van der Waals surface area contributed by atoms with Crippen molar-refractivity contribution < 1.29 is 4.79 Å². The lowest BCUT2D eigenvalue weighted by Crippen LogP contribution is -2.06. The highest BCUT2D eigenvalue weighted by atomic mass is 32.1. The summed E-state index contributed by atoms with van der Waals surface area (Å²) in [4.78, 5) is 11.1. The number of carbonyl (C=O) groups excluding carboxylic acids is 1. The Labute approximate surface area is 76.2 Å². The SMILES string of the molecule is NC(=O)C#Cc1ccc(S)cc1. The zero-order valence-corrected chi connectivity index (χ0v) is 7.14. The van der Waals surface area contributed by atoms with E-state index in [2.05, 4.69) is 24.5 Å². The van der Waals surface area contributed by atoms with Crippen LogP contribution in [0.3, 0.4) is 0 Å². The summed E-state index contributed by atoms with van der Waals surface area (Å²) < 4.78 is 0. The molecule has 1 amide bonds. The largest absolute Gasteiger partial charge is 0.359 e. The molecule has 3 heteroatoms. The molecule has 60 valence electrons. The van der Waals surface area contributed by atoms with Gasteiger partial charge in [0, 0.05) is 10.5 Å². The summed E-state index contributed by atoms with van der Waals surface area (Å²) in [7, 11) is 0. The molecule has 0 bridgehead atoms. The van der Waals surface area contributed by atoms with E-state index in [1.54, 1.807) is 24.3 Å². The highest BCUT2D eigenvalue weighted by Gasteiger charge is 1.86. The third-order valence-electron chi connectivity index (χ3n) is 1.20. The minimum atomic E-state index is -0.620. The van der Waals surface area contributed by atoms with Crippen LogP contribution in [0.5, 0.6) is 0 Å². The van der Waals surface area contributed by atoms with E-state index >= 15 is 0 Å². The van der Waals surface area contributed by atoms with Crippen LogP contribution >= 0.6 is 12.6 Å². The predicted octanol–water partition coefficient (Wildman–Crippen LogP) is 0.812. The standard InChI is InChI=1S/C9H7NOS/c10-9(11)6-3-7-1-4-8(12)5-2-7/h1-2,4-5,12H,(H2,10,11). The fraction of sp³-hybridized carbons (Fsp3) is 0. The smallest absolute Gasteiger partial charge is 0.293 e. The molecule has 1 aromatic rings. The maximum atomic E-state index is 10.3. The third-order valence-corrected chi connectivity index (χ3v) is 1.50. The quantitative estimate of drug-likeness (QED) is 0.447. The topological polar surface area (TPSA) is 43.1 Å². The van der Waals surface area contributed by atoms with Gasteiger partial charge in [-0.25, -0.2) is 0 Å². The van der Waals surface area contributed by atoms with Crippen molar-refractivity contribution in [3.05, 3.63) is 29.8 Å². The molecule has 0 saturated heterocycles. The Hall–Kier alpha value is -1.40. The Bertz CT molecular complexity index is 345. The van der Waals surface area contributed by atoms with Gasteiger partial charge in [0.05, 0.1) is 0 Å². The van der Waals surface area contributed by atoms with Gasteiger partial charge in [-0.05, 0) is 30.2 Å². The molecule has 12 heavy (non-hydrogen) atoms. The number of primary amides is 1. The van der Waals surface area contributed by atoms with E-state index in [-0.39, 0.29) is 0 Å². The minimum absolute atomic E-state index is 0.620. The molecule has 2 N–H and O–H groups in total. The highest BCUT2D eigenvalue weighted by molar-refractivity contribution is 7.80. The first kappa shape index (κ1) is 8.69. The number of nitrogens with two attached hydrogens (primary N) is 1. The zero-order chi connectivity index (χ0) is 8.97. The van der Waals surface area contributed by atoms with Crippen LogP contribution in [0.15, 0.2) is 29.2 Å². The van der Waals surface area contributed by atoms with Crippen LogP contribution < -0.4 is 5.73 Å². The molecule has 2 nitrogen and oxygen atoms in total. The summed E-state index contributed by atoms with van der Waals surface area (Å²) >= 11 is 4.10. The van der Waals surface area contributed by atoms with Gasteiger partial charge in [0.25, 0.3) is 5.91 Å². The van der Waals surface area contributed by atoms with Crippen LogP contribution in [0.1, 0.15) is 5.56 Å². The van der Waals surface area contributed by atoms with Crippen molar-refractivity contribution in [1.82, 2.24) is 0 Å². The van der Waals surface area contributed by atoms with Crippen molar-refractivity contribution in [1.29, 1.82) is 0 Å². The number of rotatable bonds is 0. The molecule has 0 fully saturated rings. The maximum absolute atomic E-state index is 10.3. The lowest BCUT2D eigenvalue weighted by Gasteiger charge is -1.89. The van der Waals surface area contributed by atoms with Gasteiger partial charge in [-0.3, -0.25) is 4.79 Å². The maximum Gasteiger partial charge on any atom is 0.293 e. The number of amides is 1. The van der Waals surface area contributed by atoms with Crippen molar-refractivity contribution in [2.24, 2.45) is 5.73 Å². The first-order valence-corrected chi connectivity index (χ1v) is 3.73. The Morgan fingerprint density at radius 3 is 2.42 bits per heavy atom. The Balaban J connectivity index is 2.86. The summed E-state index contributed by atoms with van der Waals surface area (Å²) in [5.74, 6) is 4.24. The molecule has 0 atom stereocenters. The van der Waals surface area contributed by atoms with Gasteiger partial charge < -0.3 is 5.73 Å². The molecule has 0 aliphatic rings. The van der Waals surface area contributed by atoms with Gasteiger partial charge in [0.2, 0.25) is 0 Å². The second kappa shape index (κ2) is 3.84. The average Bonchev–Trinajstić information content (AvgIpc) is 2.03. The van der Waals surface area contributed by atoms with Crippen LogP contribution in [-0.2, 0) is 4.79 Å². The van der Waals surface area contributed by atoms with Crippen LogP contribution in [-0.4, -0.2) is 5.91 Å². The Morgan fingerprint density at radius 2 is 1.92 bits per heavy atom. The fourth-order valence-electron chi connectivity index (χ4n) is 0.679. The van der Waals surface area contributed by atoms with Gasteiger partial charge in [-0.15, -0.1) is 12.6 Å². The van der Waals surface area contributed by atoms with E-state index in [0.717, 1.165) is 10.5 Å². The van der Waals surface area contributed by atoms with Gasteiger partial charge in [0.15, 0.2) is 0 Å². The minimum Gasteiger partial charge on any atom is -0.359 e. The van der Waals surface area contributed by atoms with Gasteiger partial charge in [-0.2, -0.15) is 0 Å². The van der Waals surface area contributed by atoms with Crippen molar-refractivity contribution in [2.45, 2.75) is 4.90 Å². The number of carbonyl (C=O) groups is 1. The van der Waals surface area contributed by atoms with Crippen molar-refractivity contribution in [2.75, 3.05) is 0 Å². The molecule has 1 rings (SSSR count). The summed E-state index contributed by atoms with van der Waals surface area (Å²) in [5.41, 5.74) is 5.60. The average molecular weight is 177 g/mol. The molecular formula is C9H7NOS. The molecule has 0 aliphatic heterocycles. The van der Waals surface area contributed by atoms with E-state index < -0.39 is 5.91 Å². The molecule has 0 aromatic heterocycles. The van der Waals surface area contributed by atoms with E-state index in [0.29, 0.717) is 0 Å². The molecule has 0 radical (unpaired) electrons. The second-order valence-corrected chi connectivity index (χ2v) is 2.68. The predicted molar refractivity (Wildman–Crippen MR) is 49.8 cm³/mol. The van der Waals surface area contributed by atoms with E-state index in [9.17, 15) is 4.79 Å². The normalized spacial score (nSPS) is 8.42. The zero-order valence-electron chi connectivity index (χ0n) is 6.24. The first-order valence-electron chi connectivity index (χ1n) is 3.29. The van der Waals surface area contributed by atoms with Crippen molar-refractivity contribution in [3.63, 3.8) is 0 Å². The van der Waals surface area contributed by atoms with Crippen LogP contribution in [0.25, 0.3) is 0 Å². The Morgan fingerprint density at radius 1 is 1.33 bits per heavy atom. The van der Waals surface area contributed by atoms with Crippen LogP contribution in [0.2, 0.25) is 0 Å². The molecule has 0 unspecified atom stereocenters. The van der Waals surface area contributed by atoms with Crippen molar-refractivity contribution >= 4 is 18.5 Å². The molecular weight excluding hydrogens is 170 g/mol. The fourth-order valence-corrected chi connectivity index (χ4v) is 0.828. The monoisotopic (exact) mass is 177 g/mol. The van der Waals surface area contributed by atoms with Crippen LogP contribution in [0.4, 0.5) is 0 Å². The summed E-state index contributed by atoms with van der Waals surface area (Å²) in [6, 6.07) is 7.15. The Kier molecular flexibility index (Phi) is 2.78. The summed E-state index contributed by atoms with van der Waals surface area (Å²) in [6.07, 6.45) is 0.